The Labute approximate surface area is 123 Å². The molecule has 1 aromatic rings. The van der Waals surface area contributed by atoms with Crippen LogP contribution in [0.25, 0.3) is 0 Å². The number of hydrogen-bond acceptors (Lipinski definition) is 5. The molecule has 0 bridgehead atoms. The number of benzene rings is 1. The molecule has 7 nitrogen and oxygen atoms in total. The van der Waals surface area contributed by atoms with Gasteiger partial charge >= 0.3 is 0 Å². The van der Waals surface area contributed by atoms with Crippen molar-refractivity contribution in [2.24, 2.45) is 0 Å². The summed E-state index contributed by atoms with van der Waals surface area (Å²) >= 11 is 0. The Morgan fingerprint density at radius 2 is 1.90 bits per heavy atom. The number of nitrogens with one attached hydrogen (secondary N) is 1. The van der Waals surface area contributed by atoms with Gasteiger partial charge in [0.2, 0.25) is 21.8 Å². The lowest BCUT2D eigenvalue weighted by Crippen LogP contribution is -2.41. The van der Waals surface area contributed by atoms with Crippen molar-refractivity contribution in [2.45, 2.75) is 31.2 Å². The molecule has 1 unspecified atom stereocenters. The molecule has 114 valence electrons. The Balaban J connectivity index is 2.39. The lowest BCUT2D eigenvalue weighted by Gasteiger charge is -2.16. The lowest BCUT2D eigenvalue weighted by atomic mass is 10.1. The van der Waals surface area contributed by atoms with Crippen molar-refractivity contribution in [1.29, 1.82) is 0 Å². The largest absolute Gasteiger partial charge is 0.398 e. The molecular formula is C13H17N3O4S. The molecule has 2 amide bonds. The molecule has 0 saturated carbocycles. The number of anilines is 1. The highest BCUT2D eigenvalue weighted by Gasteiger charge is 2.39. The summed E-state index contributed by atoms with van der Waals surface area (Å²) < 4.78 is 27.3. The van der Waals surface area contributed by atoms with Gasteiger partial charge in [-0.15, -0.1) is 0 Å². The standard InChI is InChI=1S/C13H17N3O4S/c1-7-4-5-9(14)8(2)12(7)21(19,20)15-10-6-11(17)16(3)13(10)18/h4-5,10,15H,6,14H2,1-3H3. The Bertz CT molecular complexity index is 727. The van der Waals surface area contributed by atoms with Crippen LogP contribution >= 0.6 is 0 Å². The normalized spacial score (nSPS) is 19.4. The van der Waals surface area contributed by atoms with E-state index in [1.54, 1.807) is 26.0 Å². The van der Waals surface area contributed by atoms with Gasteiger partial charge in [0.25, 0.3) is 0 Å². The van der Waals surface area contributed by atoms with E-state index in [0.717, 1.165) is 4.90 Å². The molecule has 1 aliphatic heterocycles. The third-order valence-corrected chi connectivity index (χ3v) is 5.35. The molecule has 0 aromatic heterocycles. The fraction of sp³-hybridized carbons (Fsp3) is 0.385. The van der Waals surface area contributed by atoms with E-state index in [1.807, 2.05) is 0 Å². The molecule has 1 aromatic carbocycles. The topological polar surface area (TPSA) is 110 Å². The number of nitrogens with two attached hydrogens (primary N) is 1. The number of nitrogens with zero attached hydrogens (tertiary/aromatic N) is 1. The van der Waals surface area contributed by atoms with Crippen molar-refractivity contribution in [3.05, 3.63) is 23.3 Å². The van der Waals surface area contributed by atoms with E-state index in [2.05, 4.69) is 4.72 Å². The molecule has 3 N–H and O–H groups in total. The van der Waals surface area contributed by atoms with Crippen molar-refractivity contribution in [2.75, 3.05) is 12.8 Å². The van der Waals surface area contributed by atoms with Gasteiger partial charge < -0.3 is 5.73 Å². The highest BCUT2D eigenvalue weighted by molar-refractivity contribution is 7.89. The Kier molecular flexibility index (Phi) is 3.77. The second-order valence-corrected chi connectivity index (χ2v) is 6.75. The molecule has 0 radical (unpaired) electrons. The van der Waals surface area contributed by atoms with Crippen molar-refractivity contribution >= 4 is 27.5 Å². The second-order valence-electron chi connectivity index (χ2n) is 5.09. The van der Waals surface area contributed by atoms with Crippen LogP contribution in [0.1, 0.15) is 17.5 Å². The van der Waals surface area contributed by atoms with Gasteiger partial charge in [0.1, 0.15) is 6.04 Å². The highest BCUT2D eigenvalue weighted by atomic mass is 32.2. The fourth-order valence-electron chi connectivity index (χ4n) is 2.35. The lowest BCUT2D eigenvalue weighted by molar-refractivity contribution is -0.137. The third-order valence-electron chi connectivity index (χ3n) is 3.59. The monoisotopic (exact) mass is 311 g/mol. The van der Waals surface area contributed by atoms with Gasteiger partial charge in [0.15, 0.2) is 0 Å². The SMILES string of the molecule is Cc1ccc(N)c(C)c1S(=O)(=O)NC1CC(=O)N(C)C1=O. The van der Waals surface area contributed by atoms with Crippen LogP contribution in [-0.4, -0.2) is 38.2 Å². The zero-order valence-corrected chi connectivity index (χ0v) is 12.8. The van der Waals surface area contributed by atoms with Gasteiger partial charge in [-0.2, -0.15) is 4.72 Å². The zero-order chi connectivity index (χ0) is 15.9. The van der Waals surface area contributed by atoms with Gasteiger partial charge in [-0.3, -0.25) is 14.5 Å². The number of carbonyl (C=O) groups is 2. The minimum atomic E-state index is -3.94. The molecule has 0 aliphatic carbocycles. The number of amides is 2. The number of hydrogen-bond donors (Lipinski definition) is 2. The average molecular weight is 311 g/mol. The Hall–Kier alpha value is -1.93. The molecule has 1 saturated heterocycles. The third kappa shape index (κ3) is 2.64. The maximum Gasteiger partial charge on any atom is 0.247 e. The number of rotatable bonds is 3. The molecule has 1 aliphatic rings. The van der Waals surface area contributed by atoms with Gasteiger partial charge in [0.05, 0.1) is 11.3 Å². The Morgan fingerprint density at radius 3 is 2.43 bits per heavy atom. The summed E-state index contributed by atoms with van der Waals surface area (Å²) in [5.74, 6) is -0.962. The molecule has 1 fully saturated rings. The molecule has 1 heterocycles. The summed E-state index contributed by atoms with van der Waals surface area (Å²) in [5, 5.41) is 0. The van der Waals surface area contributed by atoms with Crippen molar-refractivity contribution in [1.82, 2.24) is 9.62 Å². The summed E-state index contributed by atoms with van der Waals surface area (Å²) in [5.41, 5.74) is 7.05. The first-order chi connectivity index (χ1) is 9.65. The number of carbonyl (C=O) groups excluding carboxylic acids is 2. The predicted octanol–water partition coefficient (Wildman–Crippen LogP) is -0.0788. The van der Waals surface area contributed by atoms with Crippen LogP contribution in [0.4, 0.5) is 5.69 Å². The van der Waals surface area contributed by atoms with E-state index >= 15 is 0 Å². The van der Waals surface area contributed by atoms with E-state index in [9.17, 15) is 18.0 Å². The molecule has 0 spiro atoms. The smallest absolute Gasteiger partial charge is 0.247 e. The average Bonchev–Trinajstić information content (AvgIpc) is 2.61. The number of imide groups is 1. The van der Waals surface area contributed by atoms with Crippen LogP contribution in [-0.2, 0) is 19.6 Å². The van der Waals surface area contributed by atoms with Crippen molar-refractivity contribution in [3.63, 3.8) is 0 Å². The number of likely N-dealkylation sites (N-methyl/N-ethyl adjacent to an activating group) is 1. The first kappa shape index (κ1) is 15.5. The van der Waals surface area contributed by atoms with E-state index in [4.69, 9.17) is 5.73 Å². The molecule has 8 heteroatoms. The van der Waals surface area contributed by atoms with Gasteiger partial charge in [-0.1, -0.05) is 6.07 Å². The first-order valence-electron chi connectivity index (χ1n) is 6.33. The maximum absolute atomic E-state index is 12.5. The second kappa shape index (κ2) is 5.12. The number of nitrogen functional groups attached to an aromatic ring is 1. The quantitative estimate of drug-likeness (QED) is 0.599. The van der Waals surface area contributed by atoms with Crippen molar-refractivity contribution < 1.29 is 18.0 Å². The van der Waals surface area contributed by atoms with Crippen LogP contribution in [0.2, 0.25) is 0 Å². The van der Waals surface area contributed by atoms with Gasteiger partial charge in [-0.25, -0.2) is 8.42 Å². The maximum atomic E-state index is 12.5. The van der Waals surface area contributed by atoms with E-state index in [-0.39, 0.29) is 11.3 Å². The number of aryl methyl sites for hydroxylation is 1. The fourth-order valence-corrected chi connectivity index (χ4v) is 4.04. The summed E-state index contributed by atoms with van der Waals surface area (Å²) in [6.45, 7) is 3.25. The molecule has 2 rings (SSSR count). The summed E-state index contributed by atoms with van der Waals surface area (Å²) in [6.07, 6.45) is -0.172. The van der Waals surface area contributed by atoms with E-state index in [0.29, 0.717) is 16.8 Å². The number of likely N-dealkylation sites (tertiary alicyclic amines) is 1. The molecule has 21 heavy (non-hydrogen) atoms. The van der Waals surface area contributed by atoms with Crippen LogP contribution in [0.5, 0.6) is 0 Å². The molecule has 1 atom stereocenters. The van der Waals surface area contributed by atoms with Crippen LogP contribution in [0, 0.1) is 13.8 Å². The number of sulfonamides is 1. The predicted molar refractivity (Wildman–Crippen MR) is 76.8 cm³/mol. The van der Waals surface area contributed by atoms with Crippen LogP contribution in [0.3, 0.4) is 0 Å². The van der Waals surface area contributed by atoms with Crippen LogP contribution in [0.15, 0.2) is 17.0 Å². The van der Waals surface area contributed by atoms with Gasteiger partial charge in [0, 0.05) is 12.7 Å². The zero-order valence-electron chi connectivity index (χ0n) is 12.0. The minimum absolute atomic E-state index is 0.0531. The summed E-state index contributed by atoms with van der Waals surface area (Å²) in [4.78, 5) is 24.2. The van der Waals surface area contributed by atoms with Crippen molar-refractivity contribution in [3.8, 4) is 0 Å². The first-order valence-corrected chi connectivity index (χ1v) is 7.82. The Morgan fingerprint density at radius 1 is 1.29 bits per heavy atom. The highest BCUT2D eigenvalue weighted by Crippen LogP contribution is 2.25. The van der Waals surface area contributed by atoms with E-state index < -0.39 is 27.9 Å². The minimum Gasteiger partial charge on any atom is -0.398 e. The van der Waals surface area contributed by atoms with E-state index in [1.165, 1.54) is 7.05 Å². The summed E-state index contributed by atoms with van der Waals surface area (Å²) in [6, 6.07) is 2.17. The summed E-state index contributed by atoms with van der Waals surface area (Å²) in [7, 11) is -2.61. The molecular weight excluding hydrogens is 294 g/mol. The van der Waals surface area contributed by atoms with Gasteiger partial charge in [-0.05, 0) is 31.0 Å². The van der Waals surface area contributed by atoms with Crippen LogP contribution < -0.4 is 10.5 Å².